The van der Waals surface area contributed by atoms with Crippen LogP contribution in [-0.4, -0.2) is 6.54 Å². The lowest BCUT2D eigenvalue weighted by atomic mass is 10.1. The van der Waals surface area contributed by atoms with E-state index in [-0.39, 0.29) is 0 Å². The summed E-state index contributed by atoms with van der Waals surface area (Å²) in [5.41, 5.74) is 1.43. The Kier molecular flexibility index (Phi) is 3.94. The molecular formula is C11H19NS. The molecule has 1 nitrogen and oxygen atoms in total. The zero-order valence-corrected chi connectivity index (χ0v) is 9.79. The highest BCUT2D eigenvalue weighted by Crippen LogP contribution is 2.27. The Morgan fingerprint density at radius 3 is 2.46 bits per heavy atom. The van der Waals surface area contributed by atoms with Crippen molar-refractivity contribution >= 4 is 11.3 Å². The molecule has 0 aliphatic rings. The fraction of sp³-hybridized carbons (Fsp3) is 0.636. The van der Waals surface area contributed by atoms with Crippen LogP contribution in [0.4, 0.5) is 0 Å². The molecule has 0 bridgehead atoms. The van der Waals surface area contributed by atoms with Crippen molar-refractivity contribution in [2.24, 2.45) is 0 Å². The first-order valence-electron chi connectivity index (χ1n) is 4.99. The van der Waals surface area contributed by atoms with E-state index >= 15 is 0 Å². The largest absolute Gasteiger partial charge is 0.310 e. The van der Waals surface area contributed by atoms with Gasteiger partial charge in [0.2, 0.25) is 0 Å². The summed E-state index contributed by atoms with van der Waals surface area (Å²) in [6.07, 6.45) is 1.17. The second kappa shape index (κ2) is 4.77. The fourth-order valence-electron chi connectivity index (χ4n) is 1.47. The molecule has 1 N–H and O–H groups in total. The van der Waals surface area contributed by atoms with Crippen molar-refractivity contribution in [1.29, 1.82) is 0 Å². The maximum Gasteiger partial charge on any atom is 0.0412 e. The summed E-state index contributed by atoms with van der Waals surface area (Å²) < 4.78 is 0. The minimum Gasteiger partial charge on any atom is -0.310 e. The first kappa shape index (κ1) is 10.7. The van der Waals surface area contributed by atoms with Crippen LogP contribution in [0, 0.1) is 13.8 Å². The Labute approximate surface area is 85.2 Å². The van der Waals surface area contributed by atoms with E-state index in [9.17, 15) is 0 Å². The second-order valence-electron chi connectivity index (χ2n) is 3.41. The van der Waals surface area contributed by atoms with E-state index in [0.29, 0.717) is 6.04 Å². The summed E-state index contributed by atoms with van der Waals surface area (Å²) in [5, 5.41) is 3.50. The van der Waals surface area contributed by atoms with Gasteiger partial charge in [-0.05, 0) is 38.4 Å². The first-order chi connectivity index (χ1) is 6.19. The number of aryl methyl sites for hydroxylation is 2. The lowest BCUT2D eigenvalue weighted by Gasteiger charge is -2.13. The van der Waals surface area contributed by atoms with Crippen molar-refractivity contribution in [1.82, 2.24) is 5.32 Å². The van der Waals surface area contributed by atoms with Gasteiger partial charge >= 0.3 is 0 Å². The third kappa shape index (κ3) is 2.55. The van der Waals surface area contributed by atoms with Crippen LogP contribution in [-0.2, 0) is 0 Å². The van der Waals surface area contributed by atoms with E-state index in [0.717, 1.165) is 6.54 Å². The summed E-state index contributed by atoms with van der Waals surface area (Å²) in [4.78, 5) is 2.94. The molecule has 1 unspecified atom stereocenters. The predicted molar refractivity (Wildman–Crippen MR) is 60.5 cm³/mol. The van der Waals surface area contributed by atoms with E-state index in [1.54, 1.807) is 0 Å². The van der Waals surface area contributed by atoms with Gasteiger partial charge in [0.05, 0.1) is 0 Å². The molecule has 0 saturated carbocycles. The Balaban J connectivity index is 2.78. The molecule has 74 valence electrons. The zero-order valence-electron chi connectivity index (χ0n) is 8.98. The summed E-state index contributed by atoms with van der Waals surface area (Å²) in [5.74, 6) is 0. The topological polar surface area (TPSA) is 12.0 Å². The van der Waals surface area contributed by atoms with E-state index in [1.165, 1.54) is 21.7 Å². The van der Waals surface area contributed by atoms with Crippen molar-refractivity contribution < 1.29 is 0 Å². The van der Waals surface area contributed by atoms with Crippen LogP contribution in [0.2, 0.25) is 0 Å². The molecule has 0 radical (unpaired) electrons. The van der Waals surface area contributed by atoms with Crippen LogP contribution in [0.1, 0.15) is 41.6 Å². The number of hydrogen-bond acceptors (Lipinski definition) is 2. The minimum absolute atomic E-state index is 0.558. The average Bonchev–Trinajstić information content (AvgIpc) is 2.43. The van der Waals surface area contributed by atoms with Gasteiger partial charge < -0.3 is 5.32 Å². The highest BCUT2D eigenvalue weighted by molar-refractivity contribution is 7.12. The van der Waals surface area contributed by atoms with Crippen molar-refractivity contribution in [2.75, 3.05) is 6.54 Å². The second-order valence-corrected chi connectivity index (χ2v) is 4.69. The first-order valence-corrected chi connectivity index (χ1v) is 5.81. The molecule has 1 aromatic rings. The monoisotopic (exact) mass is 197 g/mol. The predicted octanol–water partition coefficient (Wildman–Crippen LogP) is 3.43. The minimum atomic E-state index is 0.558. The van der Waals surface area contributed by atoms with E-state index in [2.05, 4.69) is 39.1 Å². The zero-order chi connectivity index (χ0) is 9.84. The molecule has 2 heteroatoms. The van der Waals surface area contributed by atoms with Crippen molar-refractivity contribution in [2.45, 2.75) is 40.2 Å². The molecule has 13 heavy (non-hydrogen) atoms. The molecular weight excluding hydrogens is 178 g/mol. The Morgan fingerprint density at radius 1 is 1.38 bits per heavy atom. The highest BCUT2D eigenvalue weighted by Gasteiger charge is 2.10. The summed E-state index contributed by atoms with van der Waals surface area (Å²) in [6, 6.07) is 2.87. The third-order valence-corrected chi connectivity index (χ3v) is 3.65. The lowest BCUT2D eigenvalue weighted by Crippen LogP contribution is -2.18. The standard InChI is InChI=1S/C11H19NS/c1-5-10(12-6-2)11-7-8(3)9(4)13-11/h7,10,12H,5-6H2,1-4H3. The van der Waals surface area contributed by atoms with Gasteiger partial charge in [0.25, 0.3) is 0 Å². The molecule has 1 heterocycles. The number of thiophene rings is 1. The van der Waals surface area contributed by atoms with Gasteiger partial charge in [0.1, 0.15) is 0 Å². The van der Waals surface area contributed by atoms with Crippen LogP contribution in [0.15, 0.2) is 6.07 Å². The van der Waals surface area contributed by atoms with Gasteiger partial charge in [-0.25, -0.2) is 0 Å². The van der Waals surface area contributed by atoms with Gasteiger partial charge in [-0.15, -0.1) is 11.3 Å². The SMILES string of the molecule is CCNC(CC)c1cc(C)c(C)s1. The molecule has 1 atom stereocenters. The molecule has 0 aliphatic carbocycles. The summed E-state index contributed by atoms with van der Waals surface area (Å²) >= 11 is 1.92. The summed E-state index contributed by atoms with van der Waals surface area (Å²) in [7, 11) is 0. The smallest absolute Gasteiger partial charge is 0.0412 e. The Morgan fingerprint density at radius 2 is 2.08 bits per heavy atom. The molecule has 0 amide bonds. The van der Waals surface area contributed by atoms with Crippen LogP contribution in [0.3, 0.4) is 0 Å². The molecule has 0 fully saturated rings. The van der Waals surface area contributed by atoms with Gasteiger partial charge in [0, 0.05) is 15.8 Å². The summed E-state index contributed by atoms with van der Waals surface area (Å²) in [6.45, 7) is 9.83. The van der Waals surface area contributed by atoms with Crippen molar-refractivity contribution in [3.05, 3.63) is 21.4 Å². The maximum absolute atomic E-state index is 3.50. The lowest BCUT2D eigenvalue weighted by molar-refractivity contribution is 0.545. The normalized spacial score (nSPS) is 13.2. The van der Waals surface area contributed by atoms with Crippen LogP contribution >= 0.6 is 11.3 Å². The van der Waals surface area contributed by atoms with Crippen LogP contribution in [0.25, 0.3) is 0 Å². The maximum atomic E-state index is 3.50. The Bertz CT molecular complexity index is 246. The third-order valence-electron chi connectivity index (χ3n) is 2.39. The van der Waals surface area contributed by atoms with Gasteiger partial charge in [-0.3, -0.25) is 0 Å². The molecule has 1 aromatic heterocycles. The molecule has 1 rings (SSSR count). The fourth-order valence-corrected chi connectivity index (χ4v) is 2.67. The van der Waals surface area contributed by atoms with Crippen LogP contribution in [0.5, 0.6) is 0 Å². The molecule has 0 aliphatic heterocycles. The highest BCUT2D eigenvalue weighted by atomic mass is 32.1. The molecule has 0 saturated heterocycles. The van der Waals surface area contributed by atoms with Crippen LogP contribution < -0.4 is 5.32 Å². The van der Waals surface area contributed by atoms with Gasteiger partial charge in [-0.1, -0.05) is 13.8 Å². The van der Waals surface area contributed by atoms with E-state index < -0.39 is 0 Å². The van der Waals surface area contributed by atoms with Crippen molar-refractivity contribution in [3.63, 3.8) is 0 Å². The number of nitrogens with one attached hydrogen (secondary N) is 1. The van der Waals surface area contributed by atoms with Gasteiger partial charge in [-0.2, -0.15) is 0 Å². The molecule has 0 aromatic carbocycles. The number of hydrogen-bond donors (Lipinski definition) is 1. The average molecular weight is 197 g/mol. The Hall–Kier alpha value is -0.340. The quantitative estimate of drug-likeness (QED) is 0.780. The van der Waals surface area contributed by atoms with E-state index in [1.807, 2.05) is 11.3 Å². The number of rotatable bonds is 4. The van der Waals surface area contributed by atoms with Gasteiger partial charge in [0.15, 0.2) is 0 Å². The van der Waals surface area contributed by atoms with Crippen molar-refractivity contribution in [3.8, 4) is 0 Å². The van der Waals surface area contributed by atoms with E-state index in [4.69, 9.17) is 0 Å². The molecule has 0 spiro atoms.